The van der Waals surface area contributed by atoms with E-state index >= 15 is 0 Å². The van der Waals surface area contributed by atoms with Gasteiger partial charge in [0.1, 0.15) is 12.1 Å². The molecule has 0 unspecified atom stereocenters. The number of hydrogen-bond acceptors (Lipinski definition) is 3. The Bertz CT molecular complexity index is 325. The van der Waals surface area contributed by atoms with Crippen molar-refractivity contribution in [1.82, 2.24) is 5.32 Å². The van der Waals surface area contributed by atoms with Gasteiger partial charge in [0.05, 0.1) is 0 Å². The van der Waals surface area contributed by atoms with Crippen LogP contribution in [0.15, 0.2) is 12.7 Å². The Balaban J connectivity index is 2.23. The molecule has 1 aliphatic rings. The number of unbranched alkanes of at least 4 members (excludes halogenated alkanes) is 4. The van der Waals surface area contributed by atoms with Gasteiger partial charge in [-0.1, -0.05) is 25.3 Å². The lowest BCUT2D eigenvalue weighted by Gasteiger charge is -2.17. The van der Waals surface area contributed by atoms with Gasteiger partial charge < -0.3 is 15.8 Å². The molecular weight excluding hydrogens is 256 g/mol. The molecule has 1 rings (SSSR count). The molecule has 2 amide bonds. The molecule has 114 valence electrons. The number of ether oxygens (including phenoxy) is 1. The fourth-order valence-corrected chi connectivity index (χ4v) is 2.33. The number of rotatable bonds is 10. The first-order chi connectivity index (χ1) is 9.65. The highest BCUT2D eigenvalue weighted by Gasteiger charge is 2.27. The number of carbonyl (C=O) groups excluding carboxylic acids is 2. The van der Waals surface area contributed by atoms with Crippen molar-refractivity contribution in [3.63, 3.8) is 0 Å². The molecule has 1 saturated heterocycles. The topological polar surface area (TPSA) is 81.4 Å². The molecule has 5 heteroatoms. The Morgan fingerprint density at radius 2 is 2.10 bits per heavy atom. The summed E-state index contributed by atoms with van der Waals surface area (Å²) >= 11 is 0. The minimum Gasteiger partial charge on any atom is -0.368 e. The van der Waals surface area contributed by atoms with Crippen molar-refractivity contribution in [3.8, 4) is 0 Å². The normalized spacial score (nSPS) is 19.5. The minimum absolute atomic E-state index is 0.210. The third-order valence-corrected chi connectivity index (χ3v) is 3.53. The Morgan fingerprint density at radius 3 is 2.70 bits per heavy atom. The number of amides is 2. The van der Waals surface area contributed by atoms with Gasteiger partial charge in [0.2, 0.25) is 11.8 Å². The number of primary amides is 1. The molecule has 1 heterocycles. The van der Waals surface area contributed by atoms with Crippen molar-refractivity contribution in [3.05, 3.63) is 12.7 Å². The van der Waals surface area contributed by atoms with Crippen LogP contribution < -0.4 is 11.1 Å². The standard InChI is InChI=1S/C15H26N2O3/c1-2-3-4-5-6-7-9-12(14(16)18)17-15(19)13-10-8-11-20-13/h2,12-13H,1,3-11H2,(H2,16,18)(H,17,19)/t12-,13-/m1/s1. The molecule has 0 aromatic rings. The summed E-state index contributed by atoms with van der Waals surface area (Å²) in [5.41, 5.74) is 5.34. The number of hydrogen-bond donors (Lipinski definition) is 2. The number of allylic oxidation sites excluding steroid dienone is 1. The van der Waals surface area contributed by atoms with Gasteiger partial charge in [-0.15, -0.1) is 6.58 Å². The molecule has 5 nitrogen and oxygen atoms in total. The highest BCUT2D eigenvalue weighted by atomic mass is 16.5. The largest absolute Gasteiger partial charge is 0.368 e. The number of carbonyl (C=O) groups is 2. The van der Waals surface area contributed by atoms with Crippen LogP contribution in [-0.2, 0) is 14.3 Å². The van der Waals surface area contributed by atoms with Crippen LogP contribution in [0.4, 0.5) is 0 Å². The number of nitrogens with two attached hydrogens (primary N) is 1. The molecule has 0 spiro atoms. The maximum absolute atomic E-state index is 11.9. The lowest BCUT2D eigenvalue weighted by molar-refractivity contribution is -0.133. The maximum atomic E-state index is 11.9. The second-order valence-electron chi connectivity index (χ2n) is 5.25. The van der Waals surface area contributed by atoms with E-state index in [-0.39, 0.29) is 5.91 Å². The zero-order valence-electron chi connectivity index (χ0n) is 12.1. The molecule has 2 atom stereocenters. The molecule has 0 bridgehead atoms. The van der Waals surface area contributed by atoms with Crippen LogP contribution in [-0.4, -0.2) is 30.6 Å². The Hall–Kier alpha value is -1.36. The van der Waals surface area contributed by atoms with E-state index in [9.17, 15) is 9.59 Å². The lowest BCUT2D eigenvalue weighted by Crippen LogP contribution is -2.47. The fraction of sp³-hybridized carbons (Fsp3) is 0.733. The molecular formula is C15H26N2O3. The molecule has 20 heavy (non-hydrogen) atoms. The van der Waals surface area contributed by atoms with Crippen molar-refractivity contribution in [2.24, 2.45) is 5.73 Å². The van der Waals surface area contributed by atoms with E-state index in [1.165, 1.54) is 0 Å². The summed E-state index contributed by atoms with van der Waals surface area (Å²) < 4.78 is 5.29. The SMILES string of the molecule is C=CCCCCCC[C@@H](NC(=O)[C@H]1CCCO1)C(N)=O. The second kappa shape index (κ2) is 9.53. The van der Waals surface area contributed by atoms with Crippen LogP contribution in [0, 0.1) is 0 Å². The van der Waals surface area contributed by atoms with Crippen LogP contribution in [0.1, 0.15) is 51.4 Å². The van der Waals surface area contributed by atoms with Gasteiger partial charge in [0, 0.05) is 6.61 Å². The van der Waals surface area contributed by atoms with Crippen molar-refractivity contribution in [1.29, 1.82) is 0 Å². The smallest absolute Gasteiger partial charge is 0.249 e. The molecule has 0 aliphatic carbocycles. The first-order valence-electron chi connectivity index (χ1n) is 7.47. The summed E-state index contributed by atoms with van der Waals surface area (Å²) in [6.07, 6.45) is 8.88. The van der Waals surface area contributed by atoms with E-state index < -0.39 is 18.1 Å². The Labute approximate surface area is 120 Å². The van der Waals surface area contributed by atoms with Gasteiger partial charge in [0.25, 0.3) is 0 Å². The zero-order chi connectivity index (χ0) is 14.8. The van der Waals surface area contributed by atoms with E-state index in [0.717, 1.165) is 44.9 Å². The van der Waals surface area contributed by atoms with Crippen molar-refractivity contribution in [2.45, 2.75) is 63.5 Å². The molecule has 3 N–H and O–H groups in total. The van der Waals surface area contributed by atoms with Crippen LogP contribution in [0.5, 0.6) is 0 Å². The summed E-state index contributed by atoms with van der Waals surface area (Å²) in [4.78, 5) is 23.2. The van der Waals surface area contributed by atoms with Gasteiger partial charge in [-0.25, -0.2) is 0 Å². The van der Waals surface area contributed by atoms with Crippen molar-refractivity contribution >= 4 is 11.8 Å². The average molecular weight is 282 g/mol. The summed E-state index contributed by atoms with van der Waals surface area (Å²) in [6, 6.07) is -0.578. The quantitative estimate of drug-likeness (QED) is 0.472. The van der Waals surface area contributed by atoms with E-state index in [1.54, 1.807) is 0 Å². The third-order valence-electron chi connectivity index (χ3n) is 3.53. The molecule has 0 radical (unpaired) electrons. The van der Waals surface area contributed by atoms with Crippen molar-refractivity contribution < 1.29 is 14.3 Å². The van der Waals surface area contributed by atoms with E-state index in [1.807, 2.05) is 6.08 Å². The second-order valence-corrected chi connectivity index (χ2v) is 5.25. The van der Waals surface area contributed by atoms with Crippen molar-refractivity contribution in [2.75, 3.05) is 6.61 Å². The van der Waals surface area contributed by atoms with Gasteiger partial charge in [-0.3, -0.25) is 9.59 Å². The summed E-state index contributed by atoms with van der Waals surface area (Å²) in [5, 5.41) is 2.71. The molecule has 1 aliphatic heterocycles. The highest BCUT2D eigenvalue weighted by molar-refractivity contribution is 5.88. The summed E-state index contributed by atoms with van der Waals surface area (Å²) in [5.74, 6) is -0.680. The predicted octanol–water partition coefficient (Wildman–Crippen LogP) is 1.66. The number of nitrogens with one attached hydrogen (secondary N) is 1. The monoisotopic (exact) mass is 282 g/mol. The molecule has 0 aromatic heterocycles. The van der Waals surface area contributed by atoms with Crippen LogP contribution in [0.25, 0.3) is 0 Å². The lowest BCUT2D eigenvalue weighted by atomic mass is 10.1. The van der Waals surface area contributed by atoms with Gasteiger partial charge >= 0.3 is 0 Å². The predicted molar refractivity (Wildman–Crippen MR) is 78.0 cm³/mol. The fourth-order valence-electron chi connectivity index (χ4n) is 2.33. The maximum Gasteiger partial charge on any atom is 0.249 e. The van der Waals surface area contributed by atoms with E-state index in [0.29, 0.717) is 13.0 Å². The van der Waals surface area contributed by atoms with Gasteiger partial charge in [0.15, 0.2) is 0 Å². The van der Waals surface area contributed by atoms with Crippen LogP contribution in [0.3, 0.4) is 0 Å². The Morgan fingerprint density at radius 1 is 1.35 bits per heavy atom. The summed E-state index contributed by atoms with van der Waals surface area (Å²) in [6.45, 7) is 4.29. The molecule has 1 fully saturated rings. The van der Waals surface area contributed by atoms with Crippen LogP contribution in [0.2, 0.25) is 0 Å². The van der Waals surface area contributed by atoms with Gasteiger partial charge in [-0.2, -0.15) is 0 Å². The first-order valence-corrected chi connectivity index (χ1v) is 7.47. The minimum atomic E-state index is -0.578. The Kier molecular flexibility index (Phi) is 7.95. The molecule has 0 aromatic carbocycles. The molecule has 0 saturated carbocycles. The highest BCUT2D eigenvalue weighted by Crippen LogP contribution is 2.13. The van der Waals surface area contributed by atoms with E-state index in [4.69, 9.17) is 10.5 Å². The van der Waals surface area contributed by atoms with Gasteiger partial charge in [-0.05, 0) is 32.1 Å². The summed E-state index contributed by atoms with van der Waals surface area (Å²) in [7, 11) is 0. The zero-order valence-corrected chi connectivity index (χ0v) is 12.1. The van der Waals surface area contributed by atoms with E-state index in [2.05, 4.69) is 11.9 Å². The first kappa shape index (κ1) is 16.7. The average Bonchev–Trinajstić information content (AvgIpc) is 2.95. The van der Waals surface area contributed by atoms with Crippen LogP contribution >= 0.6 is 0 Å². The third kappa shape index (κ3) is 6.19.